The molecule has 0 saturated carbocycles. The van der Waals surface area contributed by atoms with Crippen LogP contribution < -0.4 is 4.90 Å². The lowest BCUT2D eigenvalue weighted by atomic mass is 10.1. The number of rotatable bonds is 3. The van der Waals surface area contributed by atoms with E-state index in [1.54, 1.807) is 16.3 Å². The molecule has 29 heavy (non-hydrogen) atoms. The van der Waals surface area contributed by atoms with Crippen molar-refractivity contribution in [3.8, 4) is 10.6 Å². The molecule has 1 aromatic heterocycles. The highest BCUT2D eigenvalue weighted by Gasteiger charge is 2.31. The Kier molecular flexibility index (Phi) is 5.27. The maximum atomic E-state index is 12.9. The molecule has 3 aromatic rings. The van der Waals surface area contributed by atoms with E-state index in [0.29, 0.717) is 23.7 Å². The van der Waals surface area contributed by atoms with E-state index in [9.17, 15) is 18.0 Å². The predicted molar refractivity (Wildman–Crippen MR) is 107 cm³/mol. The van der Waals surface area contributed by atoms with Crippen molar-refractivity contribution in [2.75, 3.05) is 31.1 Å². The van der Waals surface area contributed by atoms with Crippen LogP contribution in [0.2, 0.25) is 0 Å². The largest absolute Gasteiger partial charge is 0.416 e. The Morgan fingerprint density at radius 2 is 1.69 bits per heavy atom. The molecule has 0 unspecified atom stereocenters. The molecule has 0 aliphatic carbocycles. The molecule has 0 N–H and O–H groups in total. The van der Waals surface area contributed by atoms with Crippen molar-refractivity contribution in [2.24, 2.45) is 0 Å². The van der Waals surface area contributed by atoms with Gasteiger partial charge in [0.25, 0.3) is 5.91 Å². The maximum absolute atomic E-state index is 12.9. The number of carbonyl (C=O) groups is 1. The van der Waals surface area contributed by atoms with Crippen LogP contribution in [0, 0.1) is 0 Å². The van der Waals surface area contributed by atoms with Gasteiger partial charge in [-0.25, -0.2) is 4.98 Å². The number of hydrogen-bond donors (Lipinski definition) is 0. The van der Waals surface area contributed by atoms with E-state index >= 15 is 0 Å². The van der Waals surface area contributed by atoms with E-state index < -0.39 is 11.7 Å². The molecule has 1 amide bonds. The summed E-state index contributed by atoms with van der Waals surface area (Å²) in [6.07, 6.45) is -4.41. The van der Waals surface area contributed by atoms with Crippen molar-refractivity contribution >= 4 is 22.9 Å². The lowest BCUT2D eigenvalue weighted by Crippen LogP contribution is -2.48. The van der Waals surface area contributed by atoms with Crippen LogP contribution in [-0.4, -0.2) is 42.0 Å². The average molecular weight is 417 g/mol. The van der Waals surface area contributed by atoms with Gasteiger partial charge in [-0.15, -0.1) is 11.3 Å². The fraction of sp³-hybridized carbons (Fsp3) is 0.238. The van der Waals surface area contributed by atoms with Gasteiger partial charge >= 0.3 is 6.18 Å². The minimum atomic E-state index is -4.41. The summed E-state index contributed by atoms with van der Waals surface area (Å²) in [6, 6.07) is 15.0. The molecule has 150 valence electrons. The number of benzene rings is 2. The molecule has 0 atom stereocenters. The fourth-order valence-corrected chi connectivity index (χ4v) is 4.09. The minimum absolute atomic E-state index is 0.188. The number of para-hydroxylation sites is 1. The Bertz CT molecular complexity index is 996. The third-order valence-electron chi connectivity index (χ3n) is 4.85. The number of carbonyl (C=O) groups excluding carboxylic acids is 1. The summed E-state index contributed by atoms with van der Waals surface area (Å²) >= 11 is 1.18. The second-order valence-corrected chi connectivity index (χ2v) is 7.59. The van der Waals surface area contributed by atoms with E-state index in [4.69, 9.17) is 0 Å². The van der Waals surface area contributed by atoms with Gasteiger partial charge in [0.2, 0.25) is 0 Å². The van der Waals surface area contributed by atoms with Crippen LogP contribution in [0.25, 0.3) is 10.6 Å². The van der Waals surface area contributed by atoms with Gasteiger partial charge in [-0.05, 0) is 24.3 Å². The third-order valence-corrected chi connectivity index (χ3v) is 5.74. The van der Waals surface area contributed by atoms with Gasteiger partial charge < -0.3 is 9.80 Å². The second kappa shape index (κ2) is 7.87. The first kappa shape index (κ1) is 19.4. The Labute approximate surface area is 170 Å². The molecule has 0 spiro atoms. The number of halogens is 3. The number of alkyl halides is 3. The summed E-state index contributed by atoms with van der Waals surface area (Å²) in [4.78, 5) is 21.0. The first-order valence-electron chi connectivity index (χ1n) is 9.14. The summed E-state index contributed by atoms with van der Waals surface area (Å²) in [5.41, 5.74) is 1.03. The fourth-order valence-electron chi connectivity index (χ4n) is 3.30. The number of amides is 1. The van der Waals surface area contributed by atoms with E-state index in [0.717, 1.165) is 30.9 Å². The predicted octanol–water partition coefficient (Wildman–Crippen LogP) is 4.79. The minimum Gasteiger partial charge on any atom is -0.368 e. The van der Waals surface area contributed by atoms with Crippen molar-refractivity contribution in [1.82, 2.24) is 9.88 Å². The van der Waals surface area contributed by atoms with E-state index in [1.807, 2.05) is 30.3 Å². The van der Waals surface area contributed by atoms with Crippen LogP contribution in [0.5, 0.6) is 0 Å². The number of thiazole rings is 1. The zero-order valence-electron chi connectivity index (χ0n) is 15.4. The number of anilines is 1. The first-order chi connectivity index (χ1) is 13.9. The first-order valence-corrected chi connectivity index (χ1v) is 10.0. The van der Waals surface area contributed by atoms with Crippen LogP contribution >= 0.6 is 11.3 Å². The van der Waals surface area contributed by atoms with Gasteiger partial charge in [-0.1, -0.05) is 30.3 Å². The van der Waals surface area contributed by atoms with Gasteiger partial charge in [0.05, 0.1) is 5.56 Å². The SMILES string of the molecule is O=C(c1csc(-c2cccc(C(F)(F)F)c2)n1)N1CCN(c2ccccc2)CC1. The molecule has 4 rings (SSSR count). The van der Waals surface area contributed by atoms with E-state index in [2.05, 4.69) is 9.88 Å². The van der Waals surface area contributed by atoms with Crippen molar-refractivity contribution in [1.29, 1.82) is 0 Å². The smallest absolute Gasteiger partial charge is 0.368 e. The summed E-state index contributed by atoms with van der Waals surface area (Å²) in [6.45, 7) is 2.59. The molecule has 1 aliphatic rings. The zero-order valence-corrected chi connectivity index (χ0v) is 16.2. The van der Waals surface area contributed by atoms with E-state index in [1.165, 1.54) is 17.4 Å². The van der Waals surface area contributed by atoms with Crippen molar-refractivity contribution in [3.05, 3.63) is 71.2 Å². The Hall–Kier alpha value is -2.87. The monoisotopic (exact) mass is 417 g/mol. The quantitative estimate of drug-likeness (QED) is 0.615. The lowest BCUT2D eigenvalue weighted by molar-refractivity contribution is -0.137. The van der Waals surface area contributed by atoms with Crippen molar-refractivity contribution in [3.63, 3.8) is 0 Å². The molecular formula is C21H18F3N3OS. The summed E-state index contributed by atoms with van der Waals surface area (Å²) < 4.78 is 38.8. The Morgan fingerprint density at radius 3 is 2.38 bits per heavy atom. The molecule has 1 aliphatic heterocycles. The topological polar surface area (TPSA) is 36.4 Å². The molecule has 1 fully saturated rings. The highest BCUT2D eigenvalue weighted by Crippen LogP contribution is 2.33. The molecule has 0 radical (unpaired) electrons. The third kappa shape index (κ3) is 4.27. The molecule has 1 saturated heterocycles. The number of aromatic nitrogens is 1. The Morgan fingerprint density at radius 1 is 0.966 bits per heavy atom. The molecular weight excluding hydrogens is 399 g/mol. The van der Waals surface area contributed by atoms with Crippen LogP contribution in [0.1, 0.15) is 16.1 Å². The molecule has 0 bridgehead atoms. The molecule has 2 heterocycles. The highest BCUT2D eigenvalue weighted by atomic mass is 32.1. The summed E-state index contributed by atoms with van der Waals surface area (Å²) in [5.74, 6) is -0.188. The highest BCUT2D eigenvalue weighted by molar-refractivity contribution is 7.13. The molecule has 4 nitrogen and oxygen atoms in total. The number of nitrogens with zero attached hydrogens (tertiary/aromatic N) is 3. The summed E-state index contributed by atoms with van der Waals surface area (Å²) in [7, 11) is 0. The van der Waals surface area contributed by atoms with Gasteiger partial charge in [0, 0.05) is 42.8 Å². The molecule has 2 aromatic carbocycles. The van der Waals surface area contributed by atoms with E-state index in [-0.39, 0.29) is 11.6 Å². The number of piperazine rings is 1. The van der Waals surface area contributed by atoms with Crippen molar-refractivity contribution < 1.29 is 18.0 Å². The van der Waals surface area contributed by atoms with Crippen LogP contribution in [0.15, 0.2) is 60.0 Å². The number of hydrogen-bond acceptors (Lipinski definition) is 4. The maximum Gasteiger partial charge on any atom is 0.416 e. The van der Waals surface area contributed by atoms with Gasteiger partial charge in [-0.2, -0.15) is 13.2 Å². The van der Waals surface area contributed by atoms with Gasteiger partial charge in [-0.3, -0.25) is 4.79 Å². The Balaban J connectivity index is 1.44. The van der Waals surface area contributed by atoms with Crippen LogP contribution in [-0.2, 0) is 6.18 Å². The van der Waals surface area contributed by atoms with Gasteiger partial charge in [0.1, 0.15) is 10.7 Å². The standard InChI is InChI=1S/C21H18F3N3OS/c22-21(23,24)16-6-4-5-15(13-16)19-25-18(14-29-19)20(28)27-11-9-26(10-12-27)17-7-2-1-3-8-17/h1-8,13-14H,9-12H2. The summed E-state index contributed by atoms with van der Waals surface area (Å²) in [5, 5.41) is 2.02. The van der Waals surface area contributed by atoms with Crippen molar-refractivity contribution in [2.45, 2.75) is 6.18 Å². The van der Waals surface area contributed by atoms with Crippen LogP contribution in [0.3, 0.4) is 0 Å². The normalized spacial score (nSPS) is 14.9. The van der Waals surface area contributed by atoms with Gasteiger partial charge in [0.15, 0.2) is 0 Å². The van der Waals surface area contributed by atoms with Crippen LogP contribution in [0.4, 0.5) is 18.9 Å². The lowest BCUT2D eigenvalue weighted by Gasteiger charge is -2.35. The average Bonchev–Trinajstić information content (AvgIpc) is 3.24. The molecule has 8 heteroatoms. The second-order valence-electron chi connectivity index (χ2n) is 6.73. The zero-order chi connectivity index (χ0) is 20.4.